The molecule has 2 nitrogen and oxygen atoms in total. The second-order valence-corrected chi connectivity index (χ2v) is 5.49. The summed E-state index contributed by atoms with van der Waals surface area (Å²) in [5.41, 5.74) is 0.0793. The maximum Gasteiger partial charge on any atom is 0.276 e. The highest BCUT2D eigenvalue weighted by atomic mass is 79.9. The first kappa shape index (κ1) is 13.5. The fraction of sp³-hybridized carbons (Fsp3) is 0.364. The van der Waals surface area contributed by atoms with Gasteiger partial charge in [0.1, 0.15) is 5.82 Å². The predicted molar refractivity (Wildman–Crippen MR) is 69.5 cm³/mol. The van der Waals surface area contributed by atoms with Crippen molar-refractivity contribution in [1.29, 1.82) is 0 Å². The predicted octanol–water partition coefficient (Wildman–Crippen LogP) is 3.51. The Morgan fingerprint density at radius 2 is 2.19 bits per heavy atom. The summed E-state index contributed by atoms with van der Waals surface area (Å²) in [6.07, 6.45) is 0. The van der Waals surface area contributed by atoms with E-state index in [1.807, 2.05) is 13.8 Å². The first-order valence-electron chi connectivity index (χ1n) is 4.75. The number of carbonyl (C=O) groups excluding carboxylic acids is 1. The van der Waals surface area contributed by atoms with Crippen LogP contribution < -0.4 is 5.32 Å². The Morgan fingerprint density at radius 1 is 1.56 bits per heavy atom. The third kappa shape index (κ3) is 3.49. The molecule has 0 aliphatic rings. The highest BCUT2D eigenvalue weighted by Gasteiger charge is 2.24. The van der Waals surface area contributed by atoms with Crippen molar-refractivity contribution in [3.63, 3.8) is 0 Å². The van der Waals surface area contributed by atoms with Crippen LogP contribution in [0, 0.1) is 5.82 Å². The molecule has 0 aromatic heterocycles. The Morgan fingerprint density at radius 3 is 2.75 bits per heavy atom. The van der Waals surface area contributed by atoms with Crippen LogP contribution in [0.15, 0.2) is 22.7 Å². The molecule has 16 heavy (non-hydrogen) atoms. The van der Waals surface area contributed by atoms with Crippen molar-refractivity contribution in [1.82, 2.24) is 5.32 Å². The van der Waals surface area contributed by atoms with Crippen molar-refractivity contribution in [3.8, 4) is 0 Å². The number of halogens is 2. The molecular weight excluding hydrogens is 293 g/mol. The largest absolute Gasteiger partial charge is 0.346 e. The third-order valence-electron chi connectivity index (χ3n) is 2.34. The third-order valence-corrected chi connectivity index (χ3v) is 2.99. The quantitative estimate of drug-likeness (QED) is 0.822. The lowest BCUT2D eigenvalue weighted by Gasteiger charge is -2.25. The molecule has 0 bridgehead atoms. The molecule has 0 fully saturated rings. The van der Waals surface area contributed by atoms with Gasteiger partial charge in [-0.25, -0.2) is 4.39 Å². The summed E-state index contributed by atoms with van der Waals surface area (Å²) >= 11 is 6.92. The van der Waals surface area contributed by atoms with Gasteiger partial charge in [0, 0.05) is 16.4 Å². The second-order valence-electron chi connectivity index (χ2n) is 4.17. The molecule has 0 unspecified atom stereocenters. The number of thiol groups is 1. The number of hydrogen-bond acceptors (Lipinski definition) is 1. The average Bonchev–Trinajstić information content (AvgIpc) is 2.19. The van der Waals surface area contributed by atoms with Crippen molar-refractivity contribution >= 4 is 33.8 Å². The van der Waals surface area contributed by atoms with E-state index < -0.39 is 10.7 Å². The molecule has 0 heterocycles. The van der Waals surface area contributed by atoms with Crippen molar-refractivity contribution in [2.45, 2.75) is 19.3 Å². The molecular formula is C11H13BrFNOS. The molecule has 1 aromatic rings. The molecule has 5 heteroatoms. The second kappa shape index (κ2) is 5.19. The van der Waals surface area contributed by atoms with Crippen LogP contribution in [-0.4, -0.2) is 11.8 Å². The maximum absolute atomic E-state index is 13.6. The lowest BCUT2D eigenvalue weighted by atomic mass is 9.84. The number of rotatable bonds is 3. The van der Waals surface area contributed by atoms with Crippen molar-refractivity contribution in [2.75, 3.05) is 6.54 Å². The summed E-state index contributed by atoms with van der Waals surface area (Å²) in [7, 11) is 0. The van der Waals surface area contributed by atoms with Crippen LogP contribution in [0.3, 0.4) is 0 Å². The van der Waals surface area contributed by atoms with E-state index in [4.69, 9.17) is 0 Å². The van der Waals surface area contributed by atoms with Gasteiger partial charge in [-0.2, -0.15) is 0 Å². The molecule has 0 aliphatic heterocycles. The molecule has 0 saturated heterocycles. The van der Waals surface area contributed by atoms with Gasteiger partial charge in [0.05, 0.1) is 0 Å². The first-order valence-corrected chi connectivity index (χ1v) is 5.99. The smallest absolute Gasteiger partial charge is 0.276 e. The van der Waals surface area contributed by atoms with Crippen LogP contribution in [0.2, 0.25) is 0 Å². The van der Waals surface area contributed by atoms with Gasteiger partial charge < -0.3 is 5.32 Å². The molecule has 0 spiro atoms. The summed E-state index contributed by atoms with van der Waals surface area (Å²) in [6, 6.07) is 4.77. The fourth-order valence-electron chi connectivity index (χ4n) is 1.41. The van der Waals surface area contributed by atoms with Crippen molar-refractivity contribution < 1.29 is 9.18 Å². The number of amides is 1. The Kier molecular flexibility index (Phi) is 4.38. The minimum Gasteiger partial charge on any atom is -0.346 e. The van der Waals surface area contributed by atoms with E-state index in [0.717, 1.165) is 4.47 Å². The summed E-state index contributed by atoms with van der Waals surface area (Å²) in [5, 5.41) is 2.16. The lowest BCUT2D eigenvalue weighted by molar-refractivity contribution is 0.258. The molecule has 0 atom stereocenters. The first-order chi connectivity index (χ1) is 7.33. The summed E-state index contributed by atoms with van der Waals surface area (Å²) < 4.78 is 14.5. The molecule has 88 valence electrons. The standard InChI is InChI=1S/C11H13BrFNOS/c1-11(2,6-14-10(15)16)8-5-7(12)3-4-9(8)13/h3-5H,6H2,1-2H3,(H2,14,15,16). The van der Waals surface area contributed by atoms with Crippen molar-refractivity contribution in [3.05, 3.63) is 34.1 Å². The highest BCUT2D eigenvalue weighted by molar-refractivity contribution is 9.10. The highest BCUT2D eigenvalue weighted by Crippen LogP contribution is 2.27. The number of carbonyl (C=O) groups is 1. The van der Waals surface area contributed by atoms with E-state index in [1.165, 1.54) is 6.07 Å². The number of nitrogens with one attached hydrogen (secondary N) is 1. The van der Waals surface area contributed by atoms with Crippen LogP contribution in [0.25, 0.3) is 0 Å². The van der Waals surface area contributed by atoms with Gasteiger partial charge in [0.15, 0.2) is 0 Å². The van der Waals surface area contributed by atoms with Crippen LogP contribution in [0.1, 0.15) is 19.4 Å². The van der Waals surface area contributed by atoms with Gasteiger partial charge in [0.2, 0.25) is 0 Å². The van der Waals surface area contributed by atoms with Gasteiger partial charge in [-0.1, -0.05) is 42.4 Å². The normalized spacial score (nSPS) is 11.3. The summed E-state index contributed by atoms with van der Waals surface area (Å²) in [6.45, 7) is 4.06. The molecule has 1 rings (SSSR count). The van der Waals surface area contributed by atoms with Crippen molar-refractivity contribution in [2.24, 2.45) is 0 Å². The molecule has 1 amide bonds. The summed E-state index contributed by atoms with van der Waals surface area (Å²) in [5.74, 6) is -0.276. The minimum absolute atomic E-state index is 0.276. The average molecular weight is 306 g/mol. The number of hydrogen-bond donors (Lipinski definition) is 2. The Balaban J connectivity index is 2.96. The van der Waals surface area contributed by atoms with E-state index >= 15 is 0 Å². The molecule has 0 aliphatic carbocycles. The van der Waals surface area contributed by atoms with Crippen LogP contribution >= 0.6 is 28.6 Å². The fourth-order valence-corrected chi connectivity index (χ4v) is 1.85. The van der Waals surface area contributed by atoms with Gasteiger partial charge in [-0.15, -0.1) is 0 Å². The lowest BCUT2D eigenvalue weighted by Crippen LogP contribution is -2.35. The minimum atomic E-state index is -0.480. The zero-order chi connectivity index (χ0) is 12.3. The van der Waals surface area contributed by atoms with Crippen LogP contribution in [0.5, 0.6) is 0 Å². The Hall–Kier alpha value is -0.550. The van der Waals surface area contributed by atoms with E-state index in [2.05, 4.69) is 33.9 Å². The van der Waals surface area contributed by atoms with Gasteiger partial charge in [0.25, 0.3) is 5.24 Å². The maximum atomic E-state index is 13.6. The number of benzene rings is 1. The van der Waals surface area contributed by atoms with Gasteiger partial charge in [-0.05, 0) is 23.8 Å². The van der Waals surface area contributed by atoms with Crippen LogP contribution in [0.4, 0.5) is 9.18 Å². The SMILES string of the molecule is CC(C)(CNC(=O)S)c1cc(Br)ccc1F. The van der Waals surface area contributed by atoms with Gasteiger partial charge >= 0.3 is 0 Å². The molecule has 1 aromatic carbocycles. The molecule has 0 radical (unpaired) electrons. The van der Waals surface area contributed by atoms with E-state index in [0.29, 0.717) is 12.1 Å². The topological polar surface area (TPSA) is 29.1 Å². The van der Waals surface area contributed by atoms with Gasteiger partial charge in [-0.3, -0.25) is 4.79 Å². The Bertz CT molecular complexity index is 409. The van der Waals surface area contributed by atoms with E-state index in [9.17, 15) is 9.18 Å². The monoisotopic (exact) mass is 305 g/mol. The Labute approximate surface area is 108 Å². The molecule has 0 saturated carbocycles. The zero-order valence-electron chi connectivity index (χ0n) is 9.05. The summed E-state index contributed by atoms with van der Waals surface area (Å²) in [4.78, 5) is 10.7. The van der Waals surface area contributed by atoms with Crippen LogP contribution in [-0.2, 0) is 5.41 Å². The van der Waals surface area contributed by atoms with E-state index in [-0.39, 0.29) is 5.82 Å². The molecule has 1 N–H and O–H groups in total. The van der Waals surface area contributed by atoms with E-state index in [1.54, 1.807) is 12.1 Å². The zero-order valence-corrected chi connectivity index (χ0v) is 11.5.